The summed E-state index contributed by atoms with van der Waals surface area (Å²) in [4.78, 5) is 12.0. The van der Waals surface area contributed by atoms with Gasteiger partial charge in [-0.2, -0.15) is 11.3 Å². The molecule has 0 atom stereocenters. The highest BCUT2D eigenvalue weighted by Crippen LogP contribution is 2.27. The van der Waals surface area contributed by atoms with Crippen LogP contribution in [0.15, 0.2) is 47.3 Å². The molecule has 0 aliphatic heterocycles. The van der Waals surface area contributed by atoms with Gasteiger partial charge in [-0.15, -0.1) is 5.10 Å². The van der Waals surface area contributed by atoms with E-state index in [1.165, 1.54) is 6.08 Å². The molecule has 1 amide bonds. The van der Waals surface area contributed by atoms with E-state index in [4.69, 9.17) is 9.47 Å². The van der Waals surface area contributed by atoms with Gasteiger partial charge in [-0.3, -0.25) is 4.79 Å². The third kappa shape index (κ3) is 4.28. The van der Waals surface area contributed by atoms with Gasteiger partial charge in [-0.1, -0.05) is 11.3 Å². The Hall–Kier alpha value is -3.13. The van der Waals surface area contributed by atoms with Gasteiger partial charge in [0.15, 0.2) is 11.5 Å². The van der Waals surface area contributed by atoms with E-state index in [0.29, 0.717) is 23.7 Å². The molecule has 0 radical (unpaired) electrons. The molecule has 0 bridgehead atoms. The van der Waals surface area contributed by atoms with Crippen LogP contribution in [0.25, 0.3) is 11.8 Å². The Balaban J connectivity index is 1.56. The van der Waals surface area contributed by atoms with E-state index >= 15 is 0 Å². The molecule has 3 rings (SSSR count). The number of thiophene rings is 1. The number of nitrogens with zero attached hydrogens (tertiary/aromatic N) is 3. The number of methoxy groups -OCH3 is 2. The second-order valence-corrected chi connectivity index (χ2v) is 6.08. The monoisotopic (exact) mass is 370 g/mol. The normalized spacial score (nSPS) is 10.8. The van der Waals surface area contributed by atoms with Crippen LogP contribution in [0.1, 0.15) is 11.3 Å². The van der Waals surface area contributed by atoms with Crippen LogP contribution in [-0.2, 0) is 11.3 Å². The Bertz CT molecular complexity index is 903. The topological polar surface area (TPSA) is 78.3 Å². The van der Waals surface area contributed by atoms with Gasteiger partial charge >= 0.3 is 0 Å². The van der Waals surface area contributed by atoms with Gasteiger partial charge in [0.25, 0.3) is 0 Å². The molecule has 0 aliphatic carbocycles. The summed E-state index contributed by atoms with van der Waals surface area (Å²) in [5, 5.41) is 14.8. The summed E-state index contributed by atoms with van der Waals surface area (Å²) in [6, 6.07) is 7.39. The van der Waals surface area contributed by atoms with Gasteiger partial charge in [-0.05, 0) is 35.2 Å². The summed E-state index contributed by atoms with van der Waals surface area (Å²) in [5.74, 6) is 1.03. The van der Waals surface area contributed by atoms with E-state index in [1.807, 2.05) is 22.9 Å². The van der Waals surface area contributed by atoms with Crippen LogP contribution >= 0.6 is 11.3 Å². The second-order valence-electron chi connectivity index (χ2n) is 5.30. The molecule has 3 aromatic rings. The highest BCUT2D eigenvalue weighted by Gasteiger charge is 2.05. The lowest BCUT2D eigenvalue weighted by Crippen LogP contribution is -2.20. The predicted octanol–water partition coefficient (Wildman–Crippen LogP) is 2.68. The molecule has 1 N–H and O–H groups in total. The molecule has 2 aromatic heterocycles. The molecule has 2 heterocycles. The lowest BCUT2D eigenvalue weighted by molar-refractivity contribution is -0.116. The molecule has 0 fully saturated rings. The van der Waals surface area contributed by atoms with Crippen LogP contribution in [0, 0.1) is 0 Å². The third-order valence-electron chi connectivity index (χ3n) is 3.59. The van der Waals surface area contributed by atoms with Crippen molar-refractivity contribution in [2.24, 2.45) is 0 Å². The van der Waals surface area contributed by atoms with E-state index in [1.54, 1.807) is 54.6 Å². The number of nitrogens with one attached hydrogen (secondary N) is 1. The maximum absolute atomic E-state index is 12.0. The van der Waals surface area contributed by atoms with Crippen molar-refractivity contribution in [1.82, 2.24) is 20.3 Å². The quantitative estimate of drug-likeness (QED) is 0.647. The molecule has 1 aromatic carbocycles. The van der Waals surface area contributed by atoms with E-state index in [-0.39, 0.29) is 5.91 Å². The van der Waals surface area contributed by atoms with Crippen molar-refractivity contribution >= 4 is 23.3 Å². The number of ether oxygens (including phenoxy) is 2. The van der Waals surface area contributed by atoms with Crippen molar-refractivity contribution in [3.05, 3.63) is 58.6 Å². The summed E-state index contributed by atoms with van der Waals surface area (Å²) >= 11 is 1.59. The van der Waals surface area contributed by atoms with Crippen molar-refractivity contribution in [2.75, 3.05) is 14.2 Å². The highest BCUT2D eigenvalue weighted by molar-refractivity contribution is 7.08. The smallest absolute Gasteiger partial charge is 0.244 e. The first-order chi connectivity index (χ1) is 12.7. The number of rotatable bonds is 7. The number of carbonyl (C=O) groups excluding carboxylic acids is 1. The zero-order chi connectivity index (χ0) is 18.4. The maximum atomic E-state index is 12.0. The standard InChI is InChI=1S/C18H18N4O3S/c1-24-16-5-3-13(9-17(16)25-2)4-6-18(23)19-10-14-11-22(21-20-14)15-7-8-26-12-15/h3-9,11-12H,10H2,1-2H3,(H,19,23)/b6-4+. The minimum Gasteiger partial charge on any atom is -0.493 e. The van der Waals surface area contributed by atoms with Crippen molar-refractivity contribution in [2.45, 2.75) is 6.54 Å². The second kappa shape index (κ2) is 8.30. The molecule has 0 saturated carbocycles. The molecule has 0 unspecified atom stereocenters. The molecule has 134 valence electrons. The summed E-state index contributed by atoms with van der Waals surface area (Å²) < 4.78 is 12.1. The van der Waals surface area contributed by atoms with Crippen molar-refractivity contribution < 1.29 is 14.3 Å². The zero-order valence-corrected chi connectivity index (χ0v) is 15.2. The molecule has 0 aliphatic rings. The van der Waals surface area contributed by atoms with Crippen LogP contribution in [0.4, 0.5) is 0 Å². The predicted molar refractivity (Wildman–Crippen MR) is 99.7 cm³/mol. The minimum absolute atomic E-state index is 0.218. The first kappa shape index (κ1) is 17.7. The van der Waals surface area contributed by atoms with E-state index < -0.39 is 0 Å². The Labute approximate surface area is 154 Å². The Morgan fingerprint density at radius 2 is 2.12 bits per heavy atom. The number of benzene rings is 1. The lowest BCUT2D eigenvalue weighted by atomic mass is 10.2. The highest BCUT2D eigenvalue weighted by atomic mass is 32.1. The van der Waals surface area contributed by atoms with Crippen LogP contribution in [0.5, 0.6) is 11.5 Å². The van der Waals surface area contributed by atoms with E-state index in [0.717, 1.165) is 11.3 Å². The Kier molecular flexibility index (Phi) is 5.65. The van der Waals surface area contributed by atoms with Gasteiger partial charge in [0.05, 0.1) is 32.6 Å². The zero-order valence-electron chi connectivity index (χ0n) is 14.4. The van der Waals surface area contributed by atoms with Gasteiger partial charge in [0.2, 0.25) is 5.91 Å². The SMILES string of the molecule is COc1ccc(/C=C/C(=O)NCc2cn(-c3ccsc3)nn2)cc1OC. The molecule has 7 nitrogen and oxygen atoms in total. The largest absolute Gasteiger partial charge is 0.493 e. The van der Waals surface area contributed by atoms with Crippen molar-refractivity contribution in [3.63, 3.8) is 0 Å². The van der Waals surface area contributed by atoms with Crippen LogP contribution in [-0.4, -0.2) is 35.1 Å². The van der Waals surface area contributed by atoms with Crippen LogP contribution in [0.3, 0.4) is 0 Å². The van der Waals surface area contributed by atoms with Crippen LogP contribution in [0.2, 0.25) is 0 Å². The molecular weight excluding hydrogens is 352 g/mol. The minimum atomic E-state index is -0.218. The molecule has 8 heteroatoms. The fourth-order valence-corrected chi connectivity index (χ4v) is 2.88. The molecule has 0 saturated heterocycles. The summed E-state index contributed by atoms with van der Waals surface area (Å²) in [7, 11) is 3.15. The van der Waals surface area contributed by atoms with Crippen molar-refractivity contribution in [3.8, 4) is 17.2 Å². The average Bonchev–Trinajstić information content (AvgIpc) is 3.35. The first-order valence-electron chi connectivity index (χ1n) is 7.81. The van der Waals surface area contributed by atoms with Gasteiger partial charge in [-0.25, -0.2) is 4.68 Å². The van der Waals surface area contributed by atoms with E-state index in [9.17, 15) is 4.79 Å². The maximum Gasteiger partial charge on any atom is 0.244 e. The number of hydrogen-bond donors (Lipinski definition) is 1. The van der Waals surface area contributed by atoms with Crippen molar-refractivity contribution in [1.29, 1.82) is 0 Å². The molecular formula is C18H18N4O3S. The van der Waals surface area contributed by atoms with E-state index in [2.05, 4.69) is 15.6 Å². The molecule has 26 heavy (non-hydrogen) atoms. The van der Waals surface area contributed by atoms with Crippen LogP contribution < -0.4 is 14.8 Å². The summed E-state index contributed by atoms with van der Waals surface area (Å²) in [6.45, 7) is 0.305. The number of amides is 1. The number of aromatic nitrogens is 3. The molecule has 0 spiro atoms. The number of hydrogen-bond acceptors (Lipinski definition) is 6. The van der Waals surface area contributed by atoms with Gasteiger partial charge in [0, 0.05) is 11.5 Å². The van der Waals surface area contributed by atoms with Gasteiger partial charge in [0.1, 0.15) is 5.69 Å². The fraction of sp³-hybridized carbons (Fsp3) is 0.167. The third-order valence-corrected chi connectivity index (χ3v) is 4.26. The Morgan fingerprint density at radius 1 is 1.27 bits per heavy atom. The lowest BCUT2D eigenvalue weighted by Gasteiger charge is -2.07. The average molecular weight is 370 g/mol. The number of carbonyl (C=O) groups is 1. The van der Waals surface area contributed by atoms with Gasteiger partial charge < -0.3 is 14.8 Å². The summed E-state index contributed by atoms with van der Waals surface area (Å²) in [5.41, 5.74) is 2.47. The Morgan fingerprint density at radius 3 is 2.85 bits per heavy atom. The fourth-order valence-electron chi connectivity index (χ4n) is 2.26. The first-order valence-corrected chi connectivity index (χ1v) is 8.75. The summed E-state index contributed by atoms with van der Waals surface area (Å²) in [6.07, 6.45) is 4.96.